The minimum Gasteiger partial charge on any atom is -0.493 e. The molecule has 2 aliphatic heterocycles. The Hall–Kier alpha value is -5.49. The van der Waals surface area contributed by atoms with Crippen molar-refractivity contribution in [3.63, 3.8) is 0 Å². The van der Waals surface area contributed by atoms with Crippen molar-refractivity contribution in [1.29, 1.82) is 0 Å². The smallest absolute Gasteiger partial charge is 0.255 e. The summed E-state index contributed by atoms with van der Waals surface area (Å²) in [5.41, 5.74) is 1.75. The molecule has 7 rings (SSSR count). The molecule has 0 saturated carbocycles. The molecule has 2 aliphatic rings. The predicted molar refractivity (Wildman–Crippen MR) is 186 cm³/mol. The number of hydrogen-bond donors (Lipinski definition) is 1. The number of anilines is 2. The number of halogens is 3. The number of nitrogens with one attached hydrogen (secondary N) is 1. The molecule has 4 aromatic carbocycles. The average molecular weight is 696 g/mol. The molecular formula is C39H36F3N5O4. The SMILES string of the molecule is COc1cc2c(Nc3ccc(CC(=O)C(c4cc(F)ccc4F)N4Cc5ccccc5C4=O)cc3F)ncnc2cc1OCC1CCN(C)CC1. The Balaban J connectivity index is 1.10. The van der Waals surface area contributed by atoms with Gasteiger partial charge in [-0.05, 0) is 92.5 Å². The van der Waals surface area contributed by atoms with Gasteiger partial charge in [0, 0.05) is 35.5 Å². The molecule has 12 heteroatoms. The van der Waals surface area contributed by atoms with Crippen molar-refractivity contribution in [2.24, 2.45) is 5.92 Å². The van der Waals surface area contributed by atoms with Gasteiger partial charge < -0.3 is 24.6 Å². The summed E-state index contributed by atoms with van der Waals surface area (Å²) in [5, 5.41) is 3.60. The molecule has 0 bridgehead atoms. The number of carbonyl (C=O) groups excluding carboxylic acids is 2. The zero-order chi connectivity index (χ0) is 35.6. The minimum absolute atomic E-state index is 0.0439. The molecule has 51 heavy (non-hydrogen) atoms. The standard InChI is InChI=1S/C39H36F3N5O4/c1-46-13-11-23(12-14-46)21-51-36-19-33-29(18-35(36)50-2)38(44-22-43-33)45-32-10-7-24(15-31(32)42)16-34(48)37(28-17-26(40)8-9-30(28)41)47-20-25-5-3-4-6-27(25)39(47)49/h3-10,15,17-19,22-23,37H,11-14,16,20-21H2,1-2H3,(H,43,44,45). The van der Waals surface area contributed by atoms with Crippen LogP contribution in [0.25, 0.3) is 10.9 Å². The number of piperidine rings is 1. The van der Waals surface area contributed by atoms with E-state index >= 15 is 8.78 Å². The van der Waals surface area contributed by atoms with E-state index in [0.29, 0.717) is 51.9 Å². The Kier molecular flexibility index (Phi) is 9.59. The Morgan fingerprint density at radius 2 is 1.76 bits per heavy atom. The lowest BCUT2D eigenvalue weighted by Gasteiger charge is -2.28. The van der Waals surface area contributed by atoms with E-state index in [-0.39, 0.29) is 29.8 Å². The molecule has 9 nitrogen and oxygen atoms in total. The molecule has 0 radical (unpaired) electrons. The van der Waals surface area contributed by atoms with E-state index in [1.165, 1.54) is 23.4 Å². The predicted octanol–water partition coefficient (Wildman–Crippen LogP) is 7.03. The van der Waals surface area contributed by atoms with Gasteiger partial charge in [-0.1, -0.05) is 24.3 Å². The Morgan fingerprint density at radius 1 is 0.961 bits per heavy atom. The number of carbonyl (C=O) groups is 2. The minimum atomic E-state index is -1.43. The molecule has 3 heterocycles. The molecule has 1 amide bonds. The van der Waals surface area contributed by atoms with Gasteiger partial charge in [0.05, 0.1) is 24.9 Å². The van der Waals surface area contributed by atoms with Gasteiger partial charge in [-0.2, -0.15) is 0 Å². The van der Waals surface area contributed by atoms with Crippen LogP contribution in [0.1, 0.15) is 45.9 Å². The fourth-order valence-electron chi connectivity index (χ4n) is 6.79. The van der Waals surface area contributed by atoms with Crippen LogP contribution >= 0.6 is 0 Å². The maximum Gasteiger partial charge on any atom is 0.255 e. The second kappa shape index (κ2) is 14.4. The van der Waals surface area contributed by atoms with Crippen LogP contribution in [0.2, 0.25) is 0 Å². The first-order valence-corrected chi connectivity index (χ1v) is 16.7. The first-order chi connectivity index (χ1) is 24.7. The van der Waals surface area contributed by atoms with Crippen molar-refractivity contribution >= 4 is 34.1 Å². The van der Waals surface area contributed by atoms with Crippen molar-refractivity contribution in [3.05, 3.63) is 119 Å². The number of ketones is 1. The second-order valence-electron chi connectivity index (χ2n) is 13.0. The molecule has 0 spiro atoms. The monoisotopic (exact) mass is 695 g/mol. The van der Waals surface area contributed by atoms with E-state index in [2.05, 4.69) is 27.2 Å². The summed E-state index contributed by atoms with van der Waals surface area (Å²) in [7, 11) is 3.66. The lowest BCUT2D eigenvalue weighted by Crippen LogP contribution is -2.36. The third-order valence-corrected chi connectivity index (χ3v) is 9.62. The van der Waals surface area contributed by atoms with E-state index in [0.717, 1.165) is 44.1 Å². The molecular weight excluding hydrogens is 659 g/mol. The fourth-order valence-corrected chi connectivity index (χ4v) is 6.79. The number of amides is 1. The lowest BCUT2D eigenvalue weighted by atomic mass is 9.95. The number of Topliss-reactive ketones (excluding diaryl/α,β-unsaturated/α-hetero) is 1. The molecule has 1 atom stereocenters. The summed E-state index contributed by atoms with van der Waals surface area (Å²) in [5.74, 6) is -1.48. The maximum atomic E-state index is 15.6. The van der Waals surface area contributed by atoms with Crippen LogP contribution < -0.4 is 14.8 Å². The molecule has 1 saturated heterocycles. The maximum absolute atomic E-state index is 15.6. The summed E-state index contributed by atoms with van der Waals surface area (Å²) >= 11 is 0. The van der Waals surface area contributed by atoms with Crippen LogP contribution in [-0.4, -0.2) is 65.3 Å². The van der Waals surface area contributed by atoms with Gasteiger partial charge in [-0.3, -0.25) is 9.59 Å². The van der Waals surface area contributed by atoms with Crippen molar-refractivity contribution in [2.75, 3.05) is 39.2 Å². The largest absolute Gasteiger partial charge is 0.493 e. The van der Waals surface area contributed by atoms with Gasteiger partial charge >= 0.3 is 0 Å². The topological polar surface area (TPSA) is 96.9 Å². The quantitative estimate of drug-likeness (QED) is 0.157. The summed E-state index contributed by atoms with van der Waals surface area (Å²) in [6.07, 6.45) is 3.14. The number of likely N-dealkylation sites (tertiary alicyclic amines) is 1. The molecule has 1 N–H and O–H groups in total. The van der Waals surface area contributed by atoms with E-state index in [9.17, 15) is 14.0 Å². The van der Waals surface area contributed by atoms with Crippen LogP contribution in [-0.2, 0) is 17.8 Å². The molecule has 0 aliphatic carbocycles. The number of methoxy groups -OCH3 is 1. The third kappa shape index (κ3) is 7.09. The highest BCUT2D eigenvalue weighted by molar-refractivity contribution is 6.02. The van der Waals surface area contributed by atoms with Crippen molar-refractivity contribution in [1.82, 2.24) is 19.8 Å². The van der Waals surface area contributed by atoms with E-state index in [4.69, 9.17) is 9.47 Å². The van der Waals surface area contributed by atoms with E-state index in [1.54, 1.807) is 49.6 Å². The highest BCUT2D eigenvalue weighted by Crippen LogP contribution is 2.37. The Bertz CT molecular complexity index is 2120. The average Bonchev–Trinajstić information content (AvgIpc) is 3.45. The highest BCUT2D eigenvalue weighted by atomic mass is 19.1. The molecule has 5 aromatic rings. The number of fused-ring (bicyclic) bond motifs is 2. The van der Waals surface area contributed by atoms with Crippen LogP contribution in [0.5, 0.6) is 11.5 Å². The first kappa shape index (κ1) is 34.0. The van der Waals surface area contributed by atoms with Gasteiger partial charge in [-0.15, -0.1) is 0 Å². The lowest BCUT2D eigenvalue weighted by molar-refractivity contribution is -0.123. The fraction of sp³-hybridized carbons (Fsp3) is 0.282. The summed E-state index contributed by atoms with van der Waals surface area (Å²) in [6.45, 7) is 2.67. The van der Waals surface area contributed by atoms with Gasteiger partial charge in [0.2, 0.25) is 0 Å². The first-order valence-electron chi connectivity index (χ1n) is 16.7. The zero-order valence-electron chi connectivity index (χ0n) is 28.2. The number of hydrogen-bond acceptors (Lipinski definition) is 8. The van der Waals surface area contributed by atoms with Gasteiger partial charge in [0.15, 0.2) is 17.3 Å². The Morgan fingerprint density at radius 3 is 2.53 bits per heavy atom. The summed E-state index contributed by atoms with van der Waals surface area (Å²) in [6, 6.07) is 16.0. The number of aromatic nitrogens is 2. The van der Waals surface area contributed by atoms with Crippen molar-refractivity contribution in [3.8, 4) is 11.5 Å². The zero-order valence-corrected chi connectivity index (χ0v) is 28.2. The van der Waals surface area contributed by atoms with Crippen molar-refractivity contribution < 1.29 is 32.2 Å². The summed E-state index contributed by atoms with van der Waals surface area (Å²) < 4.78 is 56.9. The van der Waals surface area contributed by atoms with Gasteiger partial charge in [0.25, 0.3) is 5.91 Å². The number of ether oxygens (including phenoxy) is 2. The Labute approximate surface area is 293 Å². The van der Waals surface area contributed by atoms with Crippen molar-refractivity contribution in [2.45, 2.75) is 31.8 Å². The number of nitrogens with zero attached hydrogens (tertiary/aromatic N) is 4. The number of rotatable bonds is 11. The van der Waals surface area contributed by atoms with Gasteiger partial charge in [-0.25, -0.2) is 23.1 Å². The second-order valence-corrected chi connectivity index (χ2v) is 13.0. The van der Waals surface area contributed by atoms with Crippen LogP contribution in [0.3, 0.4) is 0 Å². The van der Waals surface area contributed by atoms with Gasteiger partial charge in [0.1, 0.15) is 35.6 Å². The van der Waals surface area contributed by atoms with E-state index < -0.39 is 35.2 Å². The van der Waals surface area contributed by atoms with Crippen LogP contribution in [0.15, 0.2) is 79.1 Å². The molecule has 1 fully saturated rings. The molecule has 262 valence electrons. The normalized spacial score (nSPS) is 15.5. The highest BCUT2D eigenvalue weighted by Gasteiger charge is 2.38. The summed E-state index contributed by atoms with van der Waals surface area (Å²) in [4.78, 5) is 39.5. The van der Waals surface area contributed by atoms with Crippen LogP contribution in [0.4, 0.5) is 24.7 Å². The molecule has 1 aromatic heterocycles. The molecule has 1 unspecified atom stereocenters. The number of benzene rings is 4. The van der Waals surface area contributed by atoms with E-state index in [1.807, 2.05) is 0 Å². The van der Waals surface area contributed by atoms with Crippen LogP contribution in [0, 0.1) is 23.4 Å². The third-order valence-electron chi connectivity index (χ3n) is 9.62.